The molecule has 0 aromatic heterocycles. The maximum Gasteiger partial charge on any atom is 0.320 e. The van der Waals surface area contributed by atoms with Gasteiger partial charge in [0.2, 0.25) is 0 Å². The Morgan fingerprint density at radius 2 is 2.06 bits per heavy atom. The van der Waals surface area contributed by atoms with Crippen LogP contribution in [0.15, 0.2) is 0 Å². The molecule has 0 aromatic rings. The van der Waals surface area contributed by atoms with E-state index in [9.17, 15) is 9.59 Å². The maximum absolute atomic E-state index is 12.2. The fourth-order valence-corrected chi connectivity index (χ4v) is 2.16. The van der Waals surface area contributed by atoms with Crippen LogP contribution < -0.4 is 0 Å². The molecule has 1 saturated heterocycles. The largest absolute Gasteiger partial charge is 0.481 e. The molecule has 1 atom stereocenters. The van der Waals surface area contributed by atoms with Gasteiger partial charge >= 0.3 is 12.0 Å². The Balaban J connectivity index is 2.49. The molecule has 18 heavy (non-hydrogen) atoms. The summed E-state index contributed by atoms with van der Waals surface area (Å²) >= 11 is 0. The molecule has 1 aliphatic heterocycles. The highest BCUT2D eigenvalue weighted by molar-refractivity contribution is 5.75. The third-order valence-corrected chi connectivity index (χ3v) is 3.41. The quantitative estimate of drug-likeness (QED) is 0.780. The summed E-state index contributed by atoms with van der Waals surface area (Å²) in [4.78, 5) is 28.3. The molecule has 1 aliphatic rings. The normalized spacial score (nSPS) is 19.3. The lowest BCUT2D eigenvalue weighted by atomic mass is 10.2. The Morgan fingerprint density at radius 1 is 1.39 bits per heavy atom. The standard InChI is InChI=1S/C12H23N3O3/c1-4-14(8-6-11(16)17)12(18)15-7-5-10(9-15)13(2)3/h10H,4-9H2,1-3H3,(H,16,17). The van der Waals surface area contributed by atoms with Crippen LogP contribution in [0.2, 0.25) is 0 Å². The number of amides is 2. The molecule has 6 heteroatoms. The predicted molar refractivity (Wildman–Crippen MR) is 68.6 cm³/mol. The number of hydrogen-bond acceptors (Lipinski definition) is 3. The number of carbonyl (C=O) groups excluding carboxylic acids is 1. The lowest BCUT2D eigenvalue weighted by molar-refractivity contribution is -0.137. The second-order valence-electron chi connectivity index (χ2n) is 4.86. The van der Waals surface area contributed by atoms with Crippen LogP contribution in [0.4, 0.5) is 4.79 Å². The molecule has 1 heterocycles. The average Bonchev–Trinajstić information content (AvgIpc) is 2.78. The Morgan fingerprint density at radius 3 is 2.50 bits per heavy atom. The van der Waals surface area contributed by atoms with Crippen molar-refractivity contribution in [2.75, 3.05) is 40.3 Å². The van der Waals surface area contributed by atoms with E-state index >= 15 is 0 Å². The molecule has 0 spiro atoms. The number of urea groups is 1. The molecular formula is C12H23N3O3. The van der Waals surface area contributed by atoms with Gasteiger partial charge in [0.15, 0.2) is 0 Å². The molecule has 0 aliphatic carbocycles. The highest BCUT2D eigenvalue weighted by Gasteiger charge is 2.29. The smallest absolute Gasteiger partial charge is 0.320 e. The zero-order valence-corrected chi connectivity index (χ0v) is 11.4. The average molecular weight is 257 g/mol. The molecule has 2 amide bonds. The van der Waals surface area contributed by atoms with E-state index < -0.39 is 5.97 Å². The van der Waals surface area contributed by atoms with E-state index in [1.807, 2.05) is 25.9 Å². The van der Waals surface area contributed by atoms with Gasteiger partial charge in [-0.25, -0.2) is 4.79 Å². The van der Waals surface area contributed by atoms with Crippen LogP contribution in [-0.4, -0.2) is 78.1 Å². The summed E-state index contributed by atoms with van der Waals surface area (Å²) in [6.07, 6.45) is 0.986. The van der Waals surface area contributed by atoms with Gasteiger partial charge in [0.1, 0.15) is 0 Å². The van der Waals surface area contributed by atoms with Crippen LogP contribution >= 0.6 is 0 Å². The van der Waals surface area contributed by atoms with Crippen molar-refractivity contribution in [1.29, 1.82) is 0 Å². The van der Waals surface area contributed by atoms with Crippen molar-refractivity contribution in [3.05, 3.63) is 0 Å². The first-order valence-electron chi connectivity index (χ1n) is 6.37. The van der Waals surface area contributed by atoms with Crippen LogP contribution in [0.25, 0.3) is 0 Å². The molecule has 0 saturated carbocycles. The fourth-order valence-electron chi connectivity index (χ4n) is 2.16. The van der Waals surface area contributed by atoms with Crippen molar-refractivity contribution in [2.24, 2.45) is 0 Å². The molecule has 104 valence electrons. The Hall–Kier alpha value is -1.30. The van der Waals surface area contributed by atoms with E-state index in [-0.39, 0.29) is 19.0 Å². The van der Waals surface area contributed by atoms with Gasteiger partial charge in [0, 0.05) is 32.2 Å². The van der Waals surface area contributed by atoms with Crippen molar-refractivity contribution >= 4 is 12.0 Å². The molecule has 1 fully saturated rings. The van der Waals surface area contributed by atoms with Gasteiger partial charge in [-0.3, -0.25) is 4.79 Å². The SMILES string of the molecule is CCN(CCC(=O)O)C(=O)N1CCC(N(C)C)C1. The number of carbonyl (C=O) groups is 2. The first kappa shape index (κ1) is 14.8. The first-order chi connectivity index (χ1) is 8.45. The third kappa shape index (κ3) is 3.87. The van der Waals surface area contributed by atoms with E-state index in [1.54, 1.807) is 4.90 Å². The monoisotopic (exact) mass is 257 g/mol. The highest BCUT2D eigenvalue weighted by atomic mass is 16.4. The zero-order valence-electron chi connectivity index (χ0n) is 11.4. The lowest BCUT2D eigenvalue weighted by Gasteiger charge is -2.27. The molecule has 1 rings (SSSR count). The first-order valence-corrected chi connectivity index (χ1v) is 6.37. The molecular weight excluding hydrogens is 234 g/mol. The number of rotatable bonds is 5. The lowest BCUT2D eigenvalue weighted by Crippen LogP contribution is -2.44. The number of likely N-dealkylation sites (tertiary alicyclic amines) is 1. The molecule has 6 nitrogen and oxygen atoms in total. The van der Waals surface area contributed by atoms with E-state index in [0.717, 1.165) is 19.5 Å². The number of carboxylic acids is 1. The number of carboxylic acid groups (broad SMARTS) is 1. The minimum absolute atomic E-state index is 0.00449. The summed E-state index contributed by atoms with van der Waals surface area (Å²) in [5, 5.41) is 8.66. The summed E-state index contributed by atoms with van der Waals surface area (Å²) in [6.45, 7) is 4.20. The van der Waals surface area contributed by atoms with Crippen LogP contribution in [0, 0.1) is 0 Å². The molecule has 1 N–H and O–H groups in total. The highest BCUT2D eigenvalue weighted by Crippen LogP contribution is 2.15. The third-order valence-electron chi connectivity index (χ3n) is 3.41. The minimum Gasteiger partial charge on any atom is -0.481 e. The second kappa shape index (κ2) is 6.58. The van der Waals surface area contributed by atoms with E-state index in [4.69, 9.17) is 5.11 Å². The Bertz CT molecular complexity index is 307. The van der Waals surface area contributed by atoms with Crippen LogP contribution in [0.3, 0.4) is 0 Å². The Labute approximate surface area is 108 Å². The van der Waals surface area contributed by atoms with Crippen molar-refractivity contribution < 1.29 is 14.7 Å². The second-order valence-corrected chi connectivity index (χ2v) is 4.86. The summed E-state index contributed by atoms with van der Waals surface area (Å²) < 4.78 is 0. The number of likely N-dealkylation sites (N-methyl/N-ethyl adjacent to an activating group) is 1. The van der Waals surface area contributed by atoms with E-state index in [1.165, 1.54) is 0 Å². The van der Waals surface area contributed by atoms with Gasteiger partial charge in [0.05, 0.1) is 6.42 Å². The Kier molecular flexibility index (Phi) is 5.40. The van der Waals surface area contributed by atoms with Crippen molar-refractivity contribution in [2.45, 2.75) is 25.8 Å². The molecule has 0 bridgehead atoms. The summed E-state index contributed by atoms with van der Waals surface area (Å²) in [5.74, 6) is -0.867. The topological polar surface area (TPSA) is 64.1 Å². The van der Waals surface area contributed by atoms with Gasteiger partial charge in [-0.2, -0.15) is 0 Å². The predicted octanol–water partition coefficient (Wildman–Crippen LogP) is 0.539. The summed E-state index contributed by atoms with van der Waals surface area (Å²) in [6, 6.07) is 0.371. The van der Waals surface area contributed by atoms with Gasteiger partial charge in [-0.1, -0.05) is 0 Å². The van der Waals surface area contributed by atoms with Crippen molar-refractivity contribution in [3.8, 4) is 0 Å². The zero-order chi connectivity index (χ0) is 13.7. The van der Waals surface area contributed by atoms with Crippen molar-refractivity contribution in [3.63, 3.8) is 0 Å². The van der Waals surface area contributed by atoms with Crippen molar-refractivity contribution in [1.82, 2.24) is 14.7 Å². The number of hydrogen-bond donors (Lipinski definition) is 1. The van der Waals surface area contributed by atoms with Crippen LogP contribution in [0.5, 0.6) is 0 Å². The van der Waals surface area contributed by atoms with Crippen LogP contribution in [0.1, 0.15) is 19.8 Å². The molecule has 0 radical (unpaired) electrons. The number of aliphatic carboxylic acids is 1. The molecule has 0 aromatic carbocycles. The maximum atomic E-state index is 12.2. The van der Waals surface area contributed by atoms with Gasteiger partial charge < -0.3 is 19.8 Å². The fraction of sp³-hybridized carbons (Fsp3) is 0.833. The van der Waals surface area contributed by atoms with Gasteiger partial charge in [-0.05, 0) is 27.4 Å². The van der Waals surface area contributed by atoms with E-state index in [0.29, 0.717) is 12.6 Å². The summed E-state index contributed by atoms with van der Waals surface area (Å²) in [5.41, 5.74) is 0. The number of nitrogens with zero attached hydrogens (tertiary/aromatic N) is 3. The minimum atomic E-state index is -0.867. The van der Waals surface area contributed by atoms with E-state index in [2.05, 4.69) is 4.90 Å². The van der Waals surface area contributed by atoms with Gasteiger partial charge in [0.25, 0.3) is 0 Å². The molecule has 1 unspecified atom stereocenters. The van der Waals surface area contributed by atoms with Gasteiger partial charge in [-0.15, -0.1) is 0 Å². The summed E-state index contributed by atoms with van der Waals surface area (Å²) in [7, 11) is 4.03. The van der Waals surface area contributed by atoms with Crippen LogP contribution in [-0.2, 0) is 4.79 Å².